The average Bonchev–Trinajstić information content (AvgIpc) is 3.27. The zero-order valence-electron chi connectivity index (χ0n) is 14.7. The zero-order chi connectivity index (χ0) is 17.0. The van der Waals surface area contributed by atoms with E-state index in [9.17, 15) is 9.59 Å². The van der Waals surface area contributed by atoms with Crippen LogP contribution in [-0.2, 0) is 9.59 Å². The molecule has 0 aromatic rings. The molecule has 24 heavy (non-hydrogen) atoms. The molecule has 0 aromatic heterocycles. The van der Waals surface area contributed by atoms with E-state index in [4.69, 9.17) is 5.73 Å². The largest absolute Gasteiger partial charge is 0.396 e. The Labute approximate surface area is 143 Å². The predicted molar refractivity (Wildman–Crippen MR) is 91.7 cm³/mol. The number of fused-ring (bicyclic) bond motifs is 7. The molecule has 0 spiro atoms. The fourth-order valence-electron chi connectivity index (χ4n) is 7.45. The smallest absolute Gasteiger partial charge is 0.182 e. The fraction of sp³-hybridized carbons (Fsp3) is 0.714. The van der Waals surface area contributed by atoms with Crippen molar-refractivity contribution in [2.24, 2.45) is 46.2 Å². The van der Waals surface area contributed by atoms with Gasteiger partial charge in [0.05, 0.1) is 5.70 Å². The third-order valence-corrected chi connectivity index (χ3v) is 8.72. The van der Waals surface area contributed by atoms with E-state index in [1.165, 1.54) is 0 Å². The van der Waals surface area contributed by atoms with Crippen molar-refractivity contribution in [2.45, 2.75) is 52.4 Å². The van der Waals surface area contributed by atoms with Crippen molar-refractivity contribution in [3.63, 3.8) is 0 Å². The summed E-state index contributed by atoms with van der Waals surface area (Å²) in [5.41, 5.74) is 8.90. The maximum Gasteiger partial charge on any atom is 0.182 e. The summed E-state index contributed by atoms with van der Waals surface area (Å²) in [6.45, 7) is 8.92. The van der Waals surface area contributed by atoms with Crippen molar-refractivity contribution in [1.82, 2.24) is 0 Å². The predicted octanol–water partition coefficient (Wildman–Crippen LogP) is 3.40. The van der Waals surface area contributed by atoms with Crippen LogP contribution in [0.4, 0.5) is 0 Å². The third-order valence-electron chi connectivity index (χ3n) is 8.72. The number of Topliss-reactive ketones (excluding diaryl/α,β-unsaturated/α-hetero) is 2. The van der Waals surface area contributed by atoms with Gasteiger partial charge in [-0.05, 0) is 66.9 Å². The molecule has 128 valence electrons. The van der Waals surface area contributed by atoms with Gasteiger partial charge in [0.15, 0.2) is 5.78 Å². The first-order valence-corrected chi connectivity index (χ1v) is 9.56. The maximum absolute atomic E-state index is 12.5. The van der Waals surface area contributed by atoms with E-state index in [0.29, 0.717) is 35.2 Å². The van der Waals surface area contributed by atoms with Crippen LogP contribution in [0.15, 0.2) is 23.4 Å². The van der Waals surface area contributed by atoms with Gasteiger partial charge in [0.2, 0.25) is 0 Å². The van der Waals surface area contributed by atoms with E-state index in [-0.39, 0.29) is 22.5 Å². The number of allylic oxidation sites excluding steroid dienone is 2. The summed E-state index contributed by atoms with van der Waals surface area (Å²) in [6, 6.07) is 0. The van der Waals surface area contributed by atoms with Crippen molar-refractivity contribution >= 4 is 11.6 Å². The summed E-state index contributed by atoms with van der Waals surface area (Å²) in [4.78, 5) is 25.0. The normalized spacial score (nSPS) is 52.6. The Balaban J connectivity index is 1.63. The van der Waals surface area contributed by atoms with Crippen LogP contribution in [0.3, 0.4) is 0 Å². The van der Waals surface area contributed by atoms with E-state index >= 15 is 0 Å². The molecule has 0 aliphatic heterocycles. The molecule has 0 heterocycles. The van der Waals surface area contributed by atoms with E-state index < -0.39 is 0 Å². The minimum absolute atomic E-state index is 0.00955. The lowest BCUT2D eigenvalue weighted by Gasteiger charge is -2.57. The van der Waals surface area contributed by atoms with Crippen LogP contribution < -0.4 is 5.73 Å². The van der Waals surface area contributed by atoms with E-state index in [1.54, 1.807) is 0 Å². The lowest BCUT2D eigenvalue weighted by atomic mass is 9.46. The Bertz CT molecular complexity index is 734. The summed E-state index contributed by atoms with van der Waals surface area (Å²) in [7, 11) is 0. The number of carbonyl (C=O) groups is 2. The van der Waals surface area contributed by atoms with E-state index in [2.05, 4.69) is 20.4 Å². The van der Waals surface area contributed by atoms with Gasteiger partial charge in [-0.1, -0.05) is 20.4 Å². The van der Waals surface area contributed by atoms with E-state index in [1.807, 2.05) is 0 Å². The molecule has 5 aliphatic carbocycles. The maximum atomic E-state index is 12.5. The lowest BCUT2D eigenvalue weighted by Crippen LogP contribution is -2.53. The standard InChI is InChI=1S/C21H27NO2/c1-10-8-11-13-4-5-16(23)20(13,2)7-6-14(11)21(3)15-9-12(15)19(24)18(22)17(10)21/h11-15H,1,4-9,22H2,2-3H3/t11-,12-,13-,14-,15?,20-,21-/m0/s1. The van der Waals surface area contributed by atoms with Crippen molar-refractivity contribution in [3.05, 3.63) is 23.4 Å². The van der Waals surface area contributed by atoms with Crippen LogP contribution >= 0.6 is 0 Å². The van der Waals surface area contributed by atoms with Crippen LogP contribution in [0.25, 0.3) is 0 Å². The van der Waals surface area contributed by atoms with Gasteiger partial charge < -0.3 is 5.73 Å². The molecule has 0 aromatic carbocycles. The monoisotopic (exact) mass is 325 g/mol. The van der Waals surface area contributed by atoms with Crippen LogP contribution in [-0.4, -0.2) is 11.6 Å². The molecule has 3 nitrogen and oxygen atoms in total. The minimum atomic E-state index is -0.113. The highest BCUT2D eigenvalue weighted by Gasteiger charge is 2.67. The molecule has 5 aliphatic rings. The Morgan fingerprint density at radius 3 is 2.62 bits per heavy atom. The Kier molecular flexibility index (Phi) is 2.63. The van der Waals surface area contributed by atoms with E-state index in [0.717, 1.165) is 49.7 Å². The SMILES string of the molecule is C=C1C[C@H]2[C@@H]3CCC(=O)[C@@]3(C)CC[C@@H]2[C@]2(C)C1=C(N)C(=O)[C@H]1CC12. The van der Waals surface area contributed by atoms with Gasteiger partial charge in [0, 0.05) is 23.2 Å². The molecule has 0 bridgehead atoms. The van der Waals surface area contributed by atoms with Crippen molar-refractivity contribution in [2.75, 3.05) is 0 Å². The highest BCUT2D eigenvalue weighted by molar-refractivity contribution is 6.01. The van der Waals surface area contributed by atoms with Crippen LogP contribution in [0.5, 0.6) is 0 Å². The summed E-state index contributed by atoms with van der Waals surface area (Å²) >= 11 is 0. The quantitative estimate of drug-likeness (QED) is 0.742. The summed E-state index contributed by atoms with van der Waals surface area (Å²) < 4.78 is 0. The highest BCUT2D eigenvalue weighted by atomic mass is 16.1. The molecule has 5 rings (SSSR count). The molecule has 3 heteroatoms. The summed E-state index contributed by atoms with van der Waals surface area (Å²) in [6.07, 6.45) is 5.83. The minimum Gasteiger partial charge on any atom is -0.396 e. The van der Waals surface area contributed by atoms with Crippen LogP contribution in [0.2, 0.25) is 0 Å². The van der Waals surface area contributed by atoms with Gasteiger partial charge in [-0.15, -0.1) is 0 Å². The van der Waals surface area contributed by atoms with Crippen LogP contribution in [0.1, 0.15) is 52.4 Å². The highest BCUT2D eigenvalue weighted by Crippen LogP contribution is 2.71. The first kappa shape index (κ1) is 14.9. The molecule has 7 atom stereocenters. The molecule has 0 radical (unpaired) electrons. The number of ketones is 2. The van der Waals surface area contributed by atoms with Gasteiger partial charge in [-0.3, -0.25) is 9.59 Å². The van der Waals surface area contributed by atoms with Gasteiger partial charge in [0.1, 0.15) is 5.78 Å². The molecule has 0 amide bonds. The van der Waals surface area contributed by atoms with Crippen molar-refractivity contribution in [1.29, 1.82) is 0 Å². The third kappa shape index (κ3) is 1.46. The Hall–Kier alpha value is -1.38. The number of hydrogen-bond acceptors (Lipinski definition) is 3. The van der Waals surface area contributed by atoms with Gasteiger partial charge in [0.25, 0.3) is 0 Å². The number of nitrogens with two attached hydrogens (primary N) is 1. The average molecular weight is 325 g/mol. The molecule has 1 unspecified atom stereocenters. The molecule has 4 fully saturated rings. The molecule has 4 saturated carbocycles. The lowest BCUT2D eigenvalue weighted by molar-refractivity contribution is -0.132. The van der Waals surface area contributed by atoms with Gasteiger partial charge in [-0.25, -0.2) is 0 Å². The number of carbonyl (C=O) groups excluding carboxylic acids is 2. The molecule has 0 saturated heterocycles. The first-order chi connectivity index (χ1) is 11.3. The Morgan fingerprint density at radius 2 is 1.88 bits per heavy atom. The number of rotatable bonds is 0. The van der Waals surface area contributed by atoms with Crippen molar-refractivity contribution in [3.8, 4) is 0 Å². The first-order valence-electron chi connectivity index (χ1n) is 9.56. The molecular weight excluding hydrogens is 298 g/mol. The van der Waals surface area contributed by atoms with Gasteiger partial charge >= 0.3 is 0 Å². The van der Waals surface area contributed by atoms with Crippen LogP contribution in [0, 0.1) is 40.4 Å². The second-order valence-electron chi connectivity index (χ2n) is 9.49. The zero-order valence-corrected chi connectivity index (χ0v) is 14.7. The number of hydrogen-bond donors (Lipinski definition) is 1. The second-order valence-corrected chi connectivity index (χ2v) is 9.49. The Morgan fingerprint density at radius 1 is 1.12 bits per heavy atom. The molecule has 2 N–H and O–H groups in total. The fourth-order valence-corrected chi connectivity index (χ4v) is 7.45. The second kappa shape index (κ2) is 4.23. The summed E-state index contributed by atoms with van der Waals surface area (Å²) in [5.74, 6) is 2.86. The summed E-state index contributed by atoms with van der Waals surface area (Å²) in [5, 5.41) is 0. The topological polar surface area (TPSA) is 60.2 Å². The van der Waals surface area contributed by atoms with Gasteiger partial charge in [-0.2, -0.15) is 0 Å². The van der Waals surface area contributed by atoms with Crippen molar-refractivity contribution < 1.29 is 9.59 Å². The molecular formula is C21H27NO2.